The van der Waals surface area contributed by atoms with E-state index in [2.05, 4.69) is 0 Å². The van der Waals surface area contributed by atoms with Crippen molar-refractivity contribution in [2.75, 3.05) is 6.61 Å². The smallest absolute Gasteiger partial charge is 0.151 e. The van der Waals surface area contributed by atoms with E-state index >= 15 is 0 Å². The summed E-state index contributed by atoms with van der Waals surface area (Å²) < 4.78 is 0. The van der Waals surface area contributed by atoms with E-state index in [0.717, 1.165) is 0 Å². The van der Waals surface area contributed by atoms with E-state index in [1.54, 1.807) is 0 Å². The zero-order chi connectivity index (χ0) is 14.0. The number of hydrogen-bond acceptors (Lipinski definition) is 6. The van der Waals surface area contributed by atoms with Crippen molar-refractivity contribution in [3.8, 4) is 0 Å². The van der Waals surface area contributed by atoms with Gasteiger partial charge in [0.2, 0.25) is 0 Å². The van der Waals surface area contributed by atoms with Crippen LogP contribution in [-0.4, -0.2) is 62.8 Å². The fraction of sp³-hybridized carbons (Fsp3) is 0.417. The summed E-state index contributed by atoms with van der Waals surface area (Å²) >= 11 is 0. The molecule has 6 heteroatoms. The number of aliphatic hydroxyl groups excluding tert-OH is 5. The van der Waals surface area contributed by atoms with E-state index in [-0.39, 0.29) is 6.29 Å². The van der Waals surface area contributed by atoms with Crippen molar-refractivity contribution in [1.82, 2.24) is 0 Å². The largest absolute Gasteiger partial charge is 0.394 e. The second-order valence-corrected chi connectivity index (χ2v) is 3.51. The molecule has 0 heterocycles. The lowest BCUT2D eigenvalue weighted by Gasteiger charge is -2.22. The Morgan fingerprint density at radius 3 is 1.50 bits per heavy atom. The SMILES string of the molecule is O=CC(O)C(O)C(O)C(O)CO.c1ccccc1. The molecule has 0 aliphatic carbocycles. The highest BCUT2D eigenvalue weighted by Crippen LogP contribution is 2.02. The van der Waals surface area contributed by atoms with Crippen LogP contribution in [0.5, 0.6) is 0 Å². The van der Waals surface area contributed by atoms with Crippen LogP contribution < -0.4 is 0 Å². The van der Waals surface area contributed by atoms with E-state index in [9.17, 15) is 4.79 Å². The molecule has 6 nitrogen and oxygen atoms in total. The lowest BCUT2D eigenvalue weighted by molar-refractivity contribution is -0.136. The summed E-state index contributed by atoms with van der Waals surface area (Å²) in [6.07, 6.45) is -6.84. The van der Waals surface area contributed by atoms with Gasteiger partial charge in [0.05, 0.1) is 6.61 Å². The molecule has 1 aromatic carbocycles. The number of carbonyl (C=O) groups is 1. The van der Waals surface area contributed by atoms with Gasteiger partial charge in [-0.2, -0.15) is 0 Å². The molecule has 0 spiro atoms. The molecular weight excluding hydrogens is 240 g/mol. The summed E-state index contributed by atoms with van der Waals surface area (Å²) in [4.78, 5) is 9.90. The fourth-order valence-electron chi connectivity index (χ4n) is 1.00. The van der Waals surface area contributed by atoms with Crippen LogP contribution in [0.15, 0.2) is 36.4 Å². The Bertz CT molecular complexity index is 278. The quantitative estimate of drug-likeness (QED) is 0.402. The van der Waals surface area contributed by atoms with Crippen LogP contribution in [0.4, 0.5) is 0 Å². The zero-order valence-electron chi connectivity index (χ0n) is 9.70. The van der Waals surface area contributed by atoms with Gasteiger partial charge in [-0.25, -0.2) is 0 Å². The van der Waals surface area contributed by atoms with Crippen LogP contribution in [0.3, 0.4) is 0 Å². The van der Waals surface area contributed by atoms with Gasteiger partial charge in [-0.3, -0.25) is 0 Å². The molecule has 1 rings (SSSR count). The first-order valence-electron chi connectivity index (χ1n) is 5.33. The maximum Gasteiger partial charge on any atom is 0.151 e. The van der Waals surface area contributed by atoms with Crippen molar-refractivity contribution < 1.29 is 30.3 Å². The van der Waals surface area contributed by atoms with Crippen molar-refractivity contribution in [2.45, 2.75) is 24.4 Å². The normalized spacial score (nSPS) is 16.7. The van der Waals surface area contributed by atoms with Crippen LogP contribution in [0.2, 0.25) is 0 Å². The first-order valence-corrected chi connectivity index (χ1v) is 5.33. The first kappa shape index (κ1) is 16.7. The van der Waals surface area contributed by atoms with Crippen LogP contribution >= 0.6 is 0 Å². The Hall–Kier alpha value is -1.31. The minimum absolute atomic E-state index is 0.0258. The van der Waals surface area contributed by atoms with Gasteiger partial charge in [0.25, 0.3) is 0 Å². The summed E-state index contributed by atoms with van der Waals surface area (Å²) in [7, 11) is 0. The van der Waals surface area contributed by atoms with Gasteiger partial charge in [-0.15, -0.1) is 0 Å². The van der Waals surface area contributed by atoms with Crippen LogP contribution in [0, 0.1) is 0 Å². The maximum atomic E-state index is 9.90. The van der Waals surface area contributed by atoms with Crippen molar-refractivity contribution in [1.29, 1.82) is 0 Å². The van der Waals surface area contributed by atoms with Gasteiger partial charge in [0.15, 0.2) is 6.29 Å². The average molecular weight is 258 g/mol. The van der Waals surface area contributed by atoms with Crippen molar-refractivity contribution in [3.05, 3.63) is 36.4 Å². The lowest BCUT2D eigenvalue weighted by atomic mass is 10.0. The molecule has 0 saturated heterocycles. The van der Waals surface area contributed by atoms with Gasteiger partial charge in [-0.05, 0) is 0 Å². The number of aliphatic hydroxyl groups is 5. The third kappa shape index (κ3) is 6.43. The Balaban J connectivity index is 0.000000397. The summed E-state index contributed by atoms with van der Waals surface area (Å²) in [5.74, 6) is 0. The Morgan fingerprint density at radius 1 is 0.833 bits per heavy atom. The van der Waals surface area contributed by atoms with Crippen LogP contribution in [-0.2, 0) is 4.79 Å². The highest BCUT2D eigenvalue weighted by atomic mass is 16.4. The fourth-order valence-corrected chi connectivity index (χ4v) is 1.00. The van der Waals surface area contributed by atoms with E-state index < -0.39 is 31.0 Å². The molecular formula is C12H18O6. The Morgan fingerprint density at radius 2 is 1.22 bits per heavy atom. The summed E-state index contributed by atoms with van der Waals surface area (Å²) in [5.41, 5.74) is 0. The molecule has 0 aliphatic rings. The molecule has 5 N–H and O–H groups in total. The second kappa shape index (κ2) is 9.69. The highest BCUT2D eigenvalue weighted by molar-refractivity contribution is 5.56. The summed E-state index contributed by atoms with van der Waals surface area (Å²) in [5, 5.41) is 43.5. The average Bonchev–Trinajstić information content (AvgIpc) is 2.46. The molecule has 0 aliphatic heterocycles. The molecule has 0 amide bonds. The third-order valence-corrected chi connectivity index (χ3v) is 2.09. The van der Waals surface area contributed by atoms with Gasteiger partial charge < -0.3 is 30.3 Å². The van der Waals surface area contributed by atoms with E-state index in [0.29, 0.717) is 0 Å². The zero-order valence-corrected chi connectivity index (χ0v) is 9.70. The molecule has 102 valence electrons. The van der Waals surface area contributed by atoms with E-state index in [4.69, 9.17) is 25.5 Å². The predicted molar refractivity (Wildman–Crippen MR) is 63.6 cm³/mol. The monoisotopic (exact) mass is 258 g/mol. The van der Waals surface area contributed by atoms with Crippen molar-refractivity contribution in [2.24, 2.45) is 0 Å². The van der Waals surface area contributed by atoms with Gasteiger partial charge in [0, 0.05) is 0 Å². The molecule has 4 unspecified atom stereocenters. The van der Waals surface area contributed by atoms with Gasteiger partial charge >= 0.3 is 0 Å². The topological polar surface area (TPSA) is 118 Å². The van der Waals surface area contributed by atoms with Crippen LogP contribution in [0.25, 0.3) is 0 Å². The minimum atomic E-state index is -1.79. The molecule has 0 saturated carbocycles. The first-order chi connectivity index (χ1) is 8.54. The molecule has 1 aromatic rings. The number of hydrogen-bond donors (Lipinski definition) is 5. The Labute approximate surface area is 105 Å². The Kier molecular flexibility index (Phi) is 8.99. The predicted octanol–water partition coefficient (Wildman–Crippen LogP) is -1.69. The summed E-state index contributed by atoms with van der Waals surface area (Å²) in [6, 6.07) is 12.0. The molecule has 0 fully saturated rings. The molecule has 4 atom stereocenters. The second-order valence-electron chi connectivity index (χ2n) is 3.51. The van der Waals surface area contributed by atoms with Crippen molar-refractivity contribution in [3.63, 3.8) is 0 Å². The van der Waals surface area contributed by atoms with E-state index in [1.807, 2.05) is 36.4 Å². The standard InChI is InChI=1S/C6H12O6.C6H6/c7-1-3(9)5(11)6(12)4(10)2-8;1-2-4-6-5-3-1/h1,3-6,8-12H,2H2;1-6H. The summed E-state index contributed by atoms with van der Waals surface area (Å²) in [6.45, 7) is -0.760. The van der Waals surface area contributed by atoms with E-state index in [1.165, 1.54) is 0 Å². The number of rotatable bonds is 5. The number of aldehydes is 1. The number of benzene rings is 1. The highest BCUT2D eigenvalue weighted by Gasteiger charge is 2.29. The molecule has 0 aromatic heterocycles. The van der Waals surface area contributed by atoms with Crippen molar-refractivity contribution >= 4 is 6.29 Å². The maximum absolute atomic E-state index is 9.90. The van der Waals surface area contributed by atoms with Gasteiger partial charge in [-0.1, -0.05) is 36.4 Å². The lowest BCUT2D eigenvalue weighted by Crippen LogP contribution is -2.46. The number of carbonyl (C=O) groups excluding carboxylic acids is 1. The van der Waals surface area contributed by atoms with Gasteiger partial charge in [0.1, 0.15) is 24.4 Å². The molecule has 0 bridgehead atoms. The minimum Gasteiger partial charge on any atom is -0.394 e. The van der Waals surface area contributed by atoms with Crippen LogP contribution in [0.1, 0.15) is 0 Å². The third-order valence-electron chi connectivity index (χ3n) is 2.09. The molecule has 18 heavy (non-hydrogen) atoms. The molecule has 0 radical (unpaired) electrons.